The van der Waals surface area contributed by atoms with Gasteiger partial charge in [-0.25, -0.2) is 9.37 Å². The van der Waals surface area contributed by atoms with Crippen LogP contribution >= 0.6 is 0 Å². The first kappa shape index (κ1) is 21.0. The highest BCUT2D eigenvalue weighted by atomic mass is 19.1. The van der Waals surface area contributed by atoms with Crippen molar-refractivity contribution in [3.05, 3.63) is 41.9 Å². The quantitative estimate of drug-likeness (QED) is 0.594. The average molecular weight is 401 g/mol. The van der Waals surface area contributed by atoms with Crippen molar-refractivity contribution in [2.45, 2.75) is 64.2 Å². The molecule has 2 aromatic heterocycles. The van der Waals surface area contributed by atoms with Crippen LogP contribution < -0.4 is 16.0 Å². The molecule has 3 rings (SSSR count). The molecule has 0 saturated heterocycles. The summed E-state index contributed by atoms with van der Waals surface area (Å²) < 4.78 is 13.6. The van der Waals surface area contributed by atoms with Gasteiger partial charge in [0.1, 0.15) is 17.6 Å². The van der Waals surface area contributed by atoms with Crippen molar-refractivity contribution >= 4 is 17.7 Å². The zero-order chi connectivity index (χ0) is 20.5. The van der Waals surface area contributed by atoms with Crippen molar-refractivity contribution < 1.29 is 9.18 Å². The van der Waals surface area contributed by atoms with E-state index in [1.54, 1.807) is 19.3 Å². The third-order valence-electron chi connectivity index (χ3n) is 5.08. The number of hydrogen-bond donors (Lipinski definition) is 3. The van der Waals surface area contributed by atoms with Crippen LogP contribution in [0.2, 0.25) is 0 Å². The van der Waals surface area contributed by atoms with Crippen molar-refractivity contribution in [2.75, 3.05) is 17.2 Å². The van der Waals surface area contributed by atoms with Gasteiger partial charge in [-0.3, -0.25) is 9.78 Å². The van der Waals surface area contributed by atoms with E-state index in [2.05, 4.69) is 30.9 Å². The largest absolute Gasteiger partial charge is 0.367 e. The summed E-state index contributed by atoms with van der Waals surface area (Å²) >= 11 is 0. The molecule has 0 radical (unpaired) electrons. The van der Waals surface area contributed by atoms with Crippen LogP contribution in [-0.2, 0) is 6.54 Å². The molecular weight excluding hydrogens is 371 g/mol. The Morgan fingerprint density at radius 1 is 1.28 bits per heavy atom. The molecule has 0 aromatic carbocycles. The Balaban J connectivity index is 1.73. The van der Waals surface area contributed by atoms with Gasteiger partial charge in [-0.1, -0.05) is 32.3 Å². The number of halogens is 1. The molecule has 1 aliphatic carbocycles. The van der Waals surface area contributed by atoms with Crippen LogP contribution in [0.3, 0.4) is 0 Å². The fourth-order valence-corrected chi connectivity index (χ4v) is 3.31. The maximum Gasteiger partial charge on any atom is 0.256 e. The minimum atomic E-state index is -0.962. The molecular formula is C21H29FN6O. The van der Waals surface area contributed by atoms with E-state index >= 15 is 0 Å². The molecule has 1 saturated carbocycles. The number of rotatable bonds is 9. The molecule has 1 unspecified atom stereocenters. The molecule has 156 valence electrons. The van der Waals surface area contributed by atoms with Gasteiger partial charge in [0.05, 0.1) is 0 Å². The summed E-state index contributed by atoms with van der Waals surface area (Å²) in [7, 11) is 0. The van der Waals surface area contributed by atoms with Crippen LogP contribution in [0, 0.1) is 0 Å². The highest BCUT2D eigenvalue weighted by Gasteiger charge is 2.20. The molecule has 1 amide bonds. The van der Waals surface area contributed by atoms with Gasteiger partial charge in [0, 0.05) is 37.7 Å². The van der Waals surface area contributed by atoms with E-state index < -0.39 is 6.17 Å². The minimum Gasteiger partial charge on any atom is -0.367 e. The van der Waals surface area contributed by atoms with Crippen LogP contribution in [0.25, 0.3) is 0 Å². The number of nitrogens with one attached hydrogen (secondary N) is 3. The van der Waals surface area contributed by atoms with Crippen molar-refractivity contribution in [1.82, 2.24) is 20.3 Å². The Kier molecular flexibility index (Phi) is 7.72. The lowest BCUT2D eigenvalue weighted by Gasteiger charge is -2.24. The molecule has 0 spiro atoms. The van der Waals surface area contributed by atoms with Gasteiger partial charge in [0.25, 0.3) is 5.91 Å². The van der Waals surface area contributed by atoms with Crippen LogP contribution in [0.15, 0.2) is 30.7 Å². The summed E-state index contributed by atoms with van der Waals surface area (Å²) in [5.74, 6) is 0.559. The molecule has 1 atom stereocenters. The van der Waals surface area contributed by atoms with Gasteiger partial charge in [0.2, 0.25) is 5.95 Å². The molecule has 2 aromatic rings. The van der Waals surface area contributed by atoms with Crippen molar-refractivity contribution in [3.63, 3.8) is 0 Å². The second kappa shape index (κ2) is 10.7. The predicted molar refractivity (Wildman–Crippen MR) is 112 cm³/mol. The lowest BCUT2D eigenvalue weighted by Crippen LogP contribution is -2.28. The highest BCUT2D eigenvalue weighted by Crippen LogP contribution is 2.23. The zero-order valence-electron chi connectivity index (χ0n) is 16.8. The molecule has 0 bridgehead atoms. The number of aromatic nitrogens is 3. The first-order valence-corrected chi connectivity index (χ1v) is 10.3. The third-order valence-corrected chi connectivity index (χ3v) is 5.08. The number of alkyl halides is 1. The Labute approximate surface area is 170 Å². The van der Waals surface area contributed by atoms with Gasteiger partial charge in [-0.05, 0) is 30.9 Å². The molecule has 2 heterocycles. The molecule has 7 nitrogen and oxygen atoms in total. The third kappa shape index (κ3) is 6.37. The highest BCUT2D eigenvalue weighted by molar-refractivity contribution is 5.98. The Morgan fingerprint density at radius 3 is 2.83 bits per heavy atom. The smallest absolute Gasteiger partial charge is 0.256 e. The zero-order valence-corrected chi connectivity index (χ0v) is 16.8. The van der Waals surface area contributed by atoms with Crippen LogP contribution in [0.4, 0.5) is 16.2 Å². The summed E-state index contributed by atoms with van der Waals surface area (Å²) in [4.78, 5) is 25.5. The number of anilines is 2. The van der Waals surface area contributed by atoms with E-state index in [0.29, 0.717) is 30.3 Å². The lowest BCUT2D eigenvalue weighted by molar-refractivity contribution is 0.0951. The first-order valence-electron chi connectivity index (χ1n) is 10.3. The fourth-order valence-electron chi connectivity index (χ4n) is 3.31. The van der Waals surface area contributed by atoms with Crippen molar-refractivity contribution in [3.8, 4) is 0 Å². The number of carbonyl (C=O) groups excluding carboxylic acids is 1. The second-order valence-corrected chi connectivity index (χ2v) is 7.37. The normalized spacial score (nSPS) is 15.5. The van der Waals surface area contributed by atoms with Crippen LogP contribution in [-0.4, -0.2) is 39.6 Å². The van der Waals surface area contributed by atoms with Crippen LogP contribution in [0.5, 0.6) is 0 Å². The molecule has 29 heavy (non-hydrogen) atoms. The summed E-state index contributed by atoms with van der Waals surface area (Å²) in [6.45, 7) is 2.31. The number of hydrogen-bond acceptors (Lipinski definition) is 6. The van der Waals surface area contributed by atoms with E-state index in [9.17, 15) is 9.18 Å². The number of pyridine rings is 1. The van der Waals surface area contributed by atoms with Crippen molar-refractivity contribution in [1.29, 1.82) is 0 Å². The van der Waals surface area contributed by atoms with Gasteiger partial charge in [-0.2, -0.15) is 4.98 Å². The van der Waals surface area contributed by atoms with Gasteiger partial charge < -0.3 is 16.0 Å². The Morgan fingerprint density at radius 2 is 2.10 bits per heavy atom. The number of carbonyl (C=O) groups is 1. The van der Waals surface area contributed by atoms with E-state index in [1.807, 2.05) is 12.1 Å². The predicted octanol–water partition coefficient (Wildman–Crippen LogP) is 3.71. The SMILES string of the molecule is CCC(F)CNc1ncc(C(=O)NCc2cccnc2)c(NC2CCCCC2)n1. The van der Waals surface area contributed by atoms with E-state index in [-0.39, 0.29) is 18.5 Å². The summed E-state index contributed by atoms with van der Waals surface area (Å²) in [6, 6.07) is 4.01. The minimum absolute atomic E-state index is 0.145. The summed E-state index contributed by atoms with van der Waals surface area (Å²) in [5, 5.41) is 9.22. The topological polar surface area (TPSA) is 91.8 Å². The van der Waals surface area contributed by atoms with Crippen molar-refractivity contribution in [2.24, 2.45) is 0 Å². The Bertz CT molecular complexity index is 782. The molecule has 3 N–H and O–H groups in total. The fraction of sp³-hybridized carbons (Fsp3) is 0.524. The molecule has 1 fully saturated rings. The summed E-state index contributed by atoms with van der Waals surface area (Å²) in [5.41, 5.74) is 1.30. The monoisotopic (exact) mass is 400 g/mol. The number of amides is 1. The average Bonchev–Trinajstić information content (AvgIpc) is 2.77. The van der Waals surface area contributed by atoms with E-state index in [0.717, 1.165) is 31.2 Å². The molecule has 1 aliphatic rings. The molecule has 0 aliphatic heterocycles. The van der Waals surface area contributed by atoms with Crippen LogP contribution in [0.1, 0.15) is 61.4 Å². The van der Waals surface area contributed by atoms with Gasteiger partial charge >= 0.3 is 0 Å². The molecule has 8 heteroatoms. The second-order valence-electron chi connectivity index (χ2n) is 7.37. The van der Waals surface area contributed by atoms with Gasteiger partial charge in [-0.15, -0.1) is 0 Å². The van der Waals surface area contributed by atoms with E-state index in [4.69, 9.17) is 0 Å². The Hall–Kier alpha value is -2.77. The summed E-state index contributed by atoms with van der Waals surface area (Å²) in [6.07, 6.45) is 10.0. The first-order chi connectivity index (χ1) is 14.2. The maximum atomic E-state index is 13.6. The van der Waals surface area contributed by atoms with E-state index in [1.165, 1.54) is 12.6 Å². The standard InChI is InChI=1S/C21H29FN6O/c1-2-16(22)13-25-21-26-14-18(19(28-21)27-17-8-4-3-5-9-17)20(29)24-12-15-7-6-10-23-11-15/h6-7,10-11,14,16-17H,2-5,8-9,12-13H2,1H3,(H,24,29)(H2,25,26,27,28). The number of nitrogens with zero attached hydrogens (tertiary/aromatic N) is 3. The van der Waals surface area contributed by atoms with Gasteiger partial charge in [0.15, 0.2) is 0 Å². The lowest BCUT2D eigenvalue weighted by atomic mass is 9.95. The maximum absolute atomic E-state index is 13.6.